The Morgan fingerprint density at radius 2 is 2.05 bits per heavy atom. The molecule has 2 rings (SSSR count). The van der Waals surface area contributed by atoms with Crippen molar-refractivity contribution in [1.29, 1.82) is 0 Å². The minimum Gasteiger partial charge on any atom is -0.375 e. The zero-order chi connectivity index (χ0) is 14.9. The second-order valence-electron chi connectivity index (χ2n) is 4.59. The molecule has 1 heterocycles. The molecular formula is C14H16BrF2N3. The van der Waals surface area contributed by atoms with Gasteiger partial charge in [-0.15, -0.1) is 0 Å². The van der Waals surface area contributed by atoms with Gasteiger partial charge in [0.25, 0.3) is 0 Å². The Morgan fingerprint density at radius 3 is 2.65 bits per heavy atom. The maximum absolute atomic E-state index is 13.9. The first-order chi connectivity index (χ1) is 9.45. The lowest BCUT2D eigenvalue weighted by Crippen LogP contribution is -2.09. The van der Waals surface area contributed by atoms with Gasteiger partial charge in [-0.2, -0.15) is 5.10 Å². The van der Waals surface area contributed by atoms with Gasteiger partial charge in [0, 0.05) is 7.05 Å². The highest BCUT2D eigenvalue weighted by Crippen LogP contribution is 2.25. The Morgan fingerprint density at radius 1 is 1.35 bits per heavy atom. The molecule has 0 aliphatic carbocycles. The molecule has 0 amide bonds. The van der Waals surface area contributed by atoms with Gasteiger partial charge in [0.15, 0.2) is 5.82 Å². The number of anilines is 1. The SMILES string of the molecule is CCc1nn(C)c(CNc2c(F)ccc(C)c2F)c1Br. The maximum atomic E-state index is 13.9. The average molecular weight is 344 g/mol. The number of rotatable bonds is 4. The molecule has 1 N–H and O–H groups in total. The van der Waals surface area contributed by atoms with Gasteiger partial charge in [0.1, 0.15) is 11.5 Å². The third kappa shape index (κ3) is 2.70. The van der Waals surface area contributed by atoms with E-state index in [1.165, 1.54) is 12.1 Å². The van der Waals surface area contributed by atoms with Crippen LogP contribution < -0.4 is 5.32 Å². The number of benzene rings is 1. The second kappa shape index (κ2) is 5.91. The molecule has 0 saturated carbocycles. The van der Waals surface area contributed by atoms with Crippen molar-refractivity contribution in [3.8, 4) is 0 Å². The van der Waals surface area contributed by atoms with Crippen molar-refractivity contribution in [3.63, 3.8) is 0 Å². The Kier molecular flexibility index (Phi) is 4.42. The first-order valence-corrected chi connectivity index (χ1v) is 7.13. The first-order valence-electron chi connectivity index (χ1n) is 6.34. The number of aromatic nitrogens is 2. The Labute approximate surface area is 125 Å². The largest absolute Gasteiger partial charge is 0.375 e. The first kappa shape index (κ1) is 15.0. The van der Waals surface area contributed by atoms with Crippen LogP contribution in [0, 0.1) is 18.6 Å². The summed E-state index contributed by atoms with van der Waals surface area (Å²) in [6, 6.07) is 2.68. The highest BCUT2D eigenvalue weighted by molar-refractivity contribution is 9.10. The van der Waals surface area contributed by atoms with Gasteiger partial charge >= 0.3 is 0 Å². The molecule has 0 aliphatic heterocycles. The van der Waals surface area contributed by atoms with Gasteiger partial charge in [-0.1, -0.05) is 13.0 Å². The summed E-state index contributed by atoms with van der Waals surface area (Å²) in [4.78, 5) is 0. The standard InChI is InChI=1S/C14H16BrF2N3/c1-4-10-12(15)11(20(3)19-10)7-18-14-9(16)6-5-8(2)13(14)17/h5-6,18H,4,7H2,1-3H3. The van der Waals surface area contributed by atoms with E-state index in [9.17, 15) is 8.78 Å². The summed E-state index contributed by atoms with van der Waals surface area (Å²) < 4.78 is 30.2. The number of aryl methyl sites for hydroxylation is 3. The van der Waals surface area contributed by atoms with Crippen LogP contribution in [0.4, 0.5) is 14.5 Å². The molecule has 0 aliphatic rings. The molecule has 0 bridgehead atoms. The fraction of sp³-hybridized carbons (Fsp3) is 0.357. The fourth-order valence-electron chi connectivity index (χ4n) is 2.00. The van der Waals surface area contributed by atoms with E-state index in [1.807, 2.05) is 14.0 Å². The van der Waals surface area contributed by atoms with E-state index in [2.05, 4.69) is 26.3 Å². The molecule has 0 unspecified atom stereocenters. The van der Waals surface area contributed by atoms with Gasteiger partial charge in [-0.25, -0.2) is 8.78 Å². The van der Waals surface area contributed by atoms with Gasteiger partial charge < -0.3 is 5.32 Å². The zero-order valence-corrected chi connectivity index (χ0v) is 13.2. The molecule has 2 aromatic rings. The molecule has 0 spiro atoms. The predicted octanol–water partition coefficient (Wildman–Crippen LogP) is 3.94. The summed E-state index contributed by atoms with van der Waals surface area (Å²) in [5.41, 5.74) is 2.08. The number of hydrogen-bond donors (Lipinski definition) is 1. The van der Waals surface area contributed by atoms with E-state index in [-0.39, 0.29) is 5.69 Å². The molecule has 0 atom stereocenters. The Bertz CT molecular complexity index is 638. The van der Waals surface area contributed by atoms with Crippen LogP contribution >= 0.6 is 15.9 Å². The summed E-state index contributed by atoms with van der Waals surface area (Å²) in [5.74, 6) is -1.15. The van der Waals surface area contributed by atoms with Crippen molar-refractivity contribution in [3.05, 3.63) is 45.2 Å². The lowest BCUT2D eigenvalue weighted by atomic mass is 10.2. The molecular weight excluding hydrogens is 328 g/mol. The summed E-state index contributed by atoms with van der Waals surface area (Å²) in [6.45, 7) is 3.90. The predicted molar refractivity (Wildman–Crippen MR) is 78.7 cm³/mol. The van der Waals surface area contributed by atoms with Crippen LogP contribution in [0.5, 0.6) is 0 Å². The minimum atomic E-state index is -0.595. The van der Waals surface area contributed by atoms with Crippen LogP contribution in [-0.2, 0) is 20.0 Å². The normalized spacial score (nSPS) is 10.9. The number of halogens is 3. The minimum absolute atomic E-state index is 0.101. The van der Waals surface area contributed by atoms with Crippen molar-refractivity contribution in [1.82, 2.24) is 9.78 Å². The molecule has 20 heavy (non-hydrogen) atoms. The lowest BCUT2D eigenvalue weighted by molar-refractivity contribution is 0.581. The maximum Gasteiger partial charge on any atom is 0.152 e. The Hall–Kier alpha value is -1.43. The van der Waals surface area contributed by atoms with Crippen molar-refractivity contribution in [2.24, 2.45) is 7.05 Å². The lowest BCUT2D eigenvalue weighted by Gasteiger charge is -2.11. The van der Waals surface area contributed by atoms with Crippen molar-refractivity contribution < 1.29 is 8.78 Å². The van der Waals surface area contributed by atoms with E-state index < -0.39 is 11.6 Å². The van der Waals surface area contributed by atoms with E-state index in [0.29, 0.717) is 12.1 Å². The van der Waals surface area contributed by atoms with Crippen molar-refractivity contribution in [2.45, 2.75) is 26.8 Å². The molecule has 0 fully saturated rings. The number of nitrogens with one attached hydrogen (secondary N) is 1. The van der Waals surface area contributed by atoms with Gasteiger partial charge in [0.05, 0.1) is 22.4 Å². The summed E-state index contributed by atoms with van der Waals surface area (Å²) in [6.07, 6.45) is 0.793. The van der Waals surface area contributed by atoms with Crippen LogP contribution in [0.25, 0.3) is 0 Å². The van der Waals surface area contributed by atoms with Crippen LogP contribution in [0.3, 0.4) is 0 Å². The quantitative estimate of drug-likeness (QED) is 0.910. The molecule has 0 saturated heterocycles. The molecule has 3 nitrogen and oxygen atoms in total. The van der Waals surface area contributed by atoms with E-state index in [1.54, 1.807) is 11.6 Å². The third-order valence-electron chi connectivity index (χ3n) is 3.22. The van der Waals surface area contributed by atoms with Gasteiger partial charge in [-0.3, -0.25) is 4.68 Å². The molecule has 6 heteroatoms. The third-order valence-corrected chi connectivity index (χ3v) is 4.14. The number of nitrogens with zero attached hydrogens (tertiary/aromatic N) is 2. The molecule has 1 aromatic carbocycles. The summed E-state index contributed by atoms with van der Waals surface area (Å²) >= 11 is 3.48. The van der Waals surface area contributed by atoms with E-state index in [0.717, 1.165) is 22.3 Å². The monoisotopic (exact) mass is 343 g/mol. The topological polar surface area (TPSA) is 29.9 Å². The van der Waals surface area contributed by atoms with Crippen LogP contribution in [-0.4, -0.2) is 9.78 Å². The summed E-state index contributed by atoms with van der Waals surface area (Å²) in [7, 11) is 1.81. The van der Waals surface area contributed by atoms with Crippen LogP contribution in [0.15, 0.2) is 16.6 Å². The van der Waals surface area contributed by atoms with E-state index in [4.69, 9.17) is 0 Å². The van der Waals surface area contributed by atoms with Crippen molar-refractivity contribution in [2.75, 3.05) is 5.32 Å². The molecule has 1 aromatic heterocycles. The van der Waals surface area contributed by atoms with E-state index >= 15 is 0 Å². The highest BCUT2D eigenvalue weighted by Gasteiger charge is 2.15. The Balaban J connectivity index is 2.26. The zero-order valence-electron chi connectivity index (χ0n) is 11.6. The molecule has 108 valence electrons. The smallest absolute Gasteiger partial charge is 0.152 e. The van der Waals surface area contributed by atoms with Gasteiger partial charge in [0.2, 0.25) is 0 Å². The molecule has 0 radical (unpaired) electrons. The number of hydrogen-bond acceptors (Lipinski definition) is 2. The van der Waals surface area contributed by atoms with Crippen LogP contribution in [0.2, 0.25) is 0 Å². The van der Waals surface area contributed by atoms with Crippen LogP contribution in [0.1, 0.15) is 23.9 Å². The average Bonchev–Trinajstić information content (AvgIpc) is 2.70. The summed E-state index contributed by atoms with van der Waals surface area (Å²) in [5, 5.41) is 7.16. The van der Waals surface area contributed by atoms with Crippen molar-refractivity contribution >= 4 is 21.6 Å². The fourth-order valence-corrected chi connectivity index (χ4v) is 2.76. The highest BCUT2D eigenvalue weighted by atomic mass is 79.9. The second-order valence-corrected chi connectivity index (χ2v) is 5.38. The van der Waals surface area contributed by atoms with Gasteiger partial charge in [-0.05, 0) is 40.9 Å².